The number of aliphatic imine (C=N–C) groups is 1. The Morgan fingerprint density at radius 3 is 2.54 bits per heavy atom. The van der Waals surface area contributed by atoms with Crippen LogP contribution >= 0.6 is 0 Å². The van der Waals surface area contributed by atoms with Crippen molar-refractivity contribution in [2.45, 2.75) is 13.5 Å². The van der Waals surface area contributed by atoms with Gasteiger partial charge in [-0.3, -0.25) is 0 Å². The van der Waals surface area contributed by atoms with Gasteiger partial charge in [0.05, 0.1) is 0 Å². The van der Waals surface area contributed by atoms with Crippen molar-refractivity contribution in [1.82, 2.24) is 25.0 Å². The fourth-order valence-electron chi connectivity index (χ4n) is 2.84. The fourth-order valence-corrected chi connectivity index (χ4v) is 2.84. The number of para-hydroxylation sites is 1. The largest absolute Gasteiger partial charge is 0.368 e. The van der Waals surface area contributed by atoms with Crippen LogP contribution in [0.3, 0.4) is 0 Å². The van der Waals surface area contributed by atoms with E-state index in [-0.39, 0.29) is 0 Å². The molecule has 7 nitrogen and oxygen atoms in total. The number of piperazine rings is 1. The van der Waals surface area contributed by atoms with Crippen molar-refractivity contribution >= 4 is 11.6 Å². The van der Waals surface area contributed by atoms with Gasteiger partial charge in [0.1, 0.15) is 12.9 Å². The Hall–Kier alpha value is -2.57. The Morgan fingerprint density at radius 1 is 1.17 bits per heavy atom. The molecule has 24 heavy (non-hydrogen) atoms. The summed E-state index contributed by atoms with van der Waals surface area (Å²) in [5.41, 5.74) is 1.29. The molecule has 1 N–H and O–H groups in total. The molecule has 1 aromatic heterocycles. The molecule has 0 radical (unpaired) electrons. The lowest BCUT2D eigenvalue weighted by atomic mass is 10.2. The Kier molecular flexibility index (Phi) is 5.30. The number of nitrogens with zero attached hydrogens (tertiary/aromatic N) is 6. The van der Waals surface area contributed by atoms with Gasteiger partial charge in [0.2, 0.25) is 0 Å². The third-order valence-corrected chi connectivity index (χ3v) is 4.21. The second-order valence-corrected chi connectivity index (χ2v) is 5.84. The van der Waals surface area contributed by atoms with Crippen LogP contribution in [0, 0.1) is 0 Å². The Labute approximate surface area is 143 Å². The molecule has 0 unspecified atom stereocenters. The van der Waals surface area contributed by atoms with Gasteiger partial charge in [-0.25, -0.2) is 4.99 Å². The molecule has 1 aliphatic heterocycles. The maximum Gasteiger partial charge on any atom is 0.194 e. The summed E-state index contributed by atoms with van der Waals surface area (Å²) in [7, 11) is 1.94. The van der Waals surface area contributed by atoms with E-state index in [0.717, 1.165) is 44.5 Å². The van der Waals surface area contributed by atoms with Gasteiger partial charge in [-0.1, -0.05) is 18.2 Å². The number of nitrogens with one attached hydrogen (secondary N) is 1. The molecule has 128 valence electrons. The van der Waals surface area contributed by atoms with Gasteiger partial charge in [0, 0.05) is 45.5 Å². The molecule has 1 aromatic carbocycles. The maximum atomic E-state index is 4.73. The number of aromatic nitrogens is 3. The molecular weight excluding hydrogens is 302 g/mol. The lowest BCUT2D eigenvalue weighted by Gasteiger charge is -2.37. The molecule has 0 atom stereocenters. The first-order valence-corrected chi connectivity index (χ1v) is 8.44. The summed E-state index contributed by atoms with van der Waals surface area (Å²) in [6, 6.07) is 10.6. The number of guanidine groups is 1. The van der Waals surface area contributed by atoms with Crippen LogP contribution in [0.15, 0.2) is 41.7 Å². The molecule has 0 aliphatic carbocycles. The SMILES string of the molecule is CCNC(=NCc1nncn1C)N1CCN(c2ccccc2)CC1. The monoisotopic (exact) mass is 327 g/mol. The highest BCUT2D eigenvalue weighted by Gasteiger charge is 2.19. The summed E-state index contributed by atoms with van der Waals surface area (Å²) < 4.78 is 1.90. The van der Waals surface area contributed by atoms with Crippen LogP contribution in [0.25, 0.3) is 0 Å². The molecule has 0 amide bonds. The lowest BCUT2D eigenvalue weighted by Crippen LogP contribution is -2.52. The van der Waals surface area contributed by atoms with Gasteiger partial charge >= 0.3 is 0 Å². The van der Waals surface area contributed by atoms with E-state index < -0.39 is 0 Å². The third kappa shape index (κ3) is 3.84. The molecule has 2 aromatic rings. The molecular formula is C17H25N7. The van der Waals surface area contributed by atoms with Gasteiger partial charge in [-0.05, 0) is 19.1 Å². The van der Waals surface area contributed by atoms with Crippen molar-refractivity contribution in [1.29, 1.82) is 0 Å². The first-order valence-electron chi connectivity index (χ1n) is 8.44. The van der Waals surface area contributed by atoms with E-state index in [4.69, 9.17) is 4.99 Å². The van der Waals surface area contributed by atoms with Gasteiger partial charge in [0.25, 0.3) is 0 Å². The molecule has 1 aliphatic rings. The molecule has 3 rings (SSSR count). The first kappa shape index (κ1) is 16.3. The van der Waals surface area contributed by atoms with Crippen LogP contribution in [0.5, 0.6) is 0 Å². The van der Waals surface area contributed by atoms with E-state index in [2.05, 4.69) is 62.6 Å². The van der Waals surface area contributed by atoms with Gasteiger partial charge in [0.15, 0.2) is 11.8 Å². The summed E-state index contributed by atoms with van der Waals surface area (Å²) >= 11 is 0. The van der Waals surface area contributed by atoms with Gasteiger partial charge < -0.3 is 19.7 Å². The predicted octanol–water partition coefficient (Wildman–Crippen LogP) is 1.10. The van der Waals surface area contributed by atoms with Gasteiger partial charge in [-0.2, -0.15) is 0 Å². The van der Waals surface area contributed by atoms with E-state index in [1.54, 1.807) is 6.33 Å². The molecule has 0 saturated carbocycles. The molecule has 0 spiro atoms. The smallest absolute Gasteiger partial charge is 0.194 e. The molecule has 2 heterocycles. The third-order valence-electron chi connectivity index (χ3n) is 4.21. The van der Waals surface area contributed by atoms with Crippen LogP contribution in [-0.2, 0) is 13.6 Å². The average Bonchev–Trinajstić information content (AvgIpc) is 3.04. The van der Waals surface area contributed by atoms with Crippen LogP contribution in [-0.4, -0.2) is 58.3 Å². The van der Waals surface area contributed by atoms with Crippen molar-refractivity contribution in [2.75, 3.05) is 37.6 Å². The zero-order valence-electron chi connectivity index (χ0n) is 14.4. The highest BCUT2D eigenvalue weighted by molar-refractivity contribution is 5.80. The summed E-state index contributed by atoms with van der Waals surface area (Å²) in [5.74, 6) is 1.82. The quantitative estimate of drug-likeness (QED) is 0.673. The summed E-state index contributed by atoms with van der Waals surface area (Å²) in [5, 5.41) is 11.4. The van der Waals surface area contributed by atoms with Crippen molar-refractivity contribution < 1.29 is 0 Å². The van der Waals surface area contributed by atoms with E-state index >= 15 is 0 Å². The Bertz CT molecular complexity index is 657. The van der Waals surface area contributed by atoms with Crippen molar-refractivity contribution in [2.24, 2.45) is 12.0 Å². The Balaban J connectivity index is 1.62. The Morgan fingerprint density at radius 2 is 1.92 bits per heavy atom. The normalized spacial score (nSPS) is 15.7. The number of aryl methyl sites for hydroxylation is 1. The topological polar surface area (TPSA) is 61.6 Å². The van der Waals surface area contributed by atoms with Gasteiger partial charge in [-0.15, -0.1) is 10.2 Å². The number of hydrogen-bond donors (Lipinski definition) is 1. The van der Waals surface area contributed by atoms with Crippen LogP contribution in [0.4, 0.5) is 5.69 Å². The average molecular weight is 327 g/mol. The van der Waals surface area contributed by atoms with Crippen molar-refractivity contribution in [3.63, 3.8) is 0 Å². The number of benzene rings is 1. The molecule has 1 saturated heterocycles. The molecule has 0 bridgehead atoms. The minimum Gasteiger partial charge on any atom is -0.368 e. The molecule has 1 fully saturated rings. The van der Waals surface area contributed by atoms with Crippen molar-refractivity contribution in [3.8, 4) is 0 Å². The highest BCUT2D eigenvalue weighted by atomic mass is 15.4. The first-order chi connectivity index (χ1) is 11.8. The minimum atomic E-state index is 0.539. The number of hydrogen-bond acceptors (Lipinski definition) is 4. The van der Waals surface area contributed by atoms with E-state index in [1.165, 1.54) is 5.69 Å². The maximum absolute atomic E-state index is 4.73. The highest BCUT2D eigenvalue weighted by Crippen LogP contribution is 2.15. The minimum absolute atomic E-state index is 0.539. The standard InChI is InChI=1S/C17H25N7/c1-3-18-17(19-13-16-21-20-14-22(16)2)24-11-9-23(10-12-24)15-7-5-4-6-8-15/h4-8,14H,3,9-13H2,1-2H3,(H,18,19). The summed E-state index contributed by atoms with van der Waals surface area (Å²) in [6.07, 6.45) is 1.70. The number of anilines is 1. The zero-order valence-corrected chi connectivity index (χ0v) is 14.4. The van der Waals surface area contributed by atoms with E-state index in [1.807, 2.05) is 11.6 Å². The number of rotatable bonds is 4. The summed E-state index contributed by atoms with van der Waals surface area (Å²) in [4.78, 5) is 9.47. The van der Waals surface area contributed by atoms with E-state index in [0.29, 0.717) is 6.54 Å². The van der Waals surface area contributed by atoms with Crippen LogP contribution in [0.2, 0.25) is 0 Å². The molecule has 7 heteroatoms. The zero-order chi connectivity index (χ0) is 16.8. The van der Waals surface area contributed by atoms with Crippen LogP contribution in [0.1, 0.15) is 12.7 Å². The predicted molar refractivity (Wildman–Crippen MR) is 96.0 cm³/mol. The summed E-state index contributed by atoms with van der Waals surface area (Å²) in [6.45, 7) is 7.40. The van der Waals surface area contributed by atoms with Crippen molar-refractivity contribution in [3.05, 3.63) is 42.5 Å². The second-order valence-electron chi connectivity index (χ2n) is 5.84. The second kappa shape index (κ2) is 7.81. The van der Waals surface area contributed by atoms with Crippen LogP contribution < -0.4 is 10.2 Å². The lowest BCUT2D eigenvalue weighted by molar-refractivity contribution is 0.372. The fraction of sp³-hybridized carbons (Fsp3) is 0.471. The van der Waals surface area contributed by atoms with E-state index in [9.17, 15) is 0 Å².